The number of aliphatic hydroxyl groups is 3. The smallest absolute Gasteiger partial charge is 0.255 e. The molecule has 5 rings (SSSR count). The lowest BCUT2D eigenvalue weighted by Gasteiger charge is -2.50. The summed E-state index contributed by atoms with van der Waals surface area (Å²) in [7, 11) is 6.90. The van der Waals surface area contributed by atoms with E-state index in [0.717, 1.165) is 12.2 Å². The van der Waals surface area contributed by atoms with Crippen molar-refractivity contribution in [2.45, 2.75) is 43.9 Å². The van der Waals surface area contributed by atoms with E-state index in [4.69, 9.17) is 5.73 Å². The van der Waals surface area contributed by atoms with Crippen LogP contribution in [0.4, 0.5) is 5.69 Å². The number of carbonyl (C=O) groups is 3. The van der Waals surface area contributed by atoms with Gasteiger partial charge in [-0.15, -0.1) is 0 Å². The Morgan fingerprint density at radius 1 is 1.15 bits per heavy atom. The predicted octanol–water partition coefficient (Wildman–Crippen LogP) is 0.686. The number of allylic oxidation sites excluding steroid dienone is 1. The van der Waals surface area contributed by atoms with Gasteiger partial charge >= 0.3 is 0 Å². The highest BCUT2D eigenvalue weighted by Gasteiger charge is 2.63. The number of ketones is 2. The highest BCUT2D eigenvalue weighted by molar-refractivity contribution is 6.24. The Morgan fingerprint density at radius 2 is 1.82 bits per heavy atom. The molecule has 0 spiro atoms. The minimum atomic E-state index is -2.64. The zero-order chi connectivity index (χ0) is 28.5. The Bertz CT molecular complexity index is 1340. The average Bonchev–Trinajstić information content (AvgIpc) is 3.66. The maximum Gasteiger partial charge on any atom is 0.255 e. The van der Waals surface area contributed by atoms with Crippen molar-refractivity contribution in [1.82, 2.24) is 10.2 Å². The molecule has 0 bridgehead atoms. The summed E-state index contributed by atoms with van der Waals surface area (Å²) in [4.78, 5) is 43.0. The number of anilines is 1. The number of rotatable bonds is 7. The first-order valence-electron chi connectivity index (χ1n) is 13.2. The summed E-state index contributed by atoms with van der Waals surface area (Å²) in [6.07, 6.45) is 2.65. The van der Waals surface area contributed by atoms with Gasteiger partial charge in [0.05, 0.1) is 11.6 Å². The zero-order valence-electron chi connectivity index (χ0n) is 22.6. The number of hydrogen-bond acceptors (Lipinski definition) is 10. The van der Waals surface area contributed by atoms with Gasteiger partial charge in [-0.25, -0.2) is 0 Å². The van der Waals surface area contributed by atoms with Crippen LogP contribution in [0.2, 0.25) is 0 Å². The highest BCUT2D eigenvalue weighted by atomic mass is 16.3. The van der Waals surface area contributed by atoms with Crippen molar-refractivity contribution in [1.29, 1.82) is 0 Å². The highest BCUT2D eigenvalue weighted by Crippen LogP contribution is 2.53. The van der Waals surface area contributed by atoms with E-state index in [1.807, 2.05) is 25.1 Å². The molecule has 210 valence electrons. The summed E-state index contributed by atoms with van der Waals surface area (Å²) in [6, 6.07) is 0.840. The van der Waals surface area contributed by atoms with Crippen molar-refractivity contribution in [3.63, 3.8) is 0 Å². The van der Waals surface area contributed by atoms with E-state index in [1.165, 1.54) is 17.7 Å². The Hall–Kier alpha value is -3.41. The third kappa shape index (κ3) is 4.02. The molecule has 0 heterocycles. The van der Waals surface area contributed by atoms with Crippen LogP contribution in [0.1, 0.15) is 40.7 Å². The first-order chi connectivity index (χ1) is 18.3. The second-order valence-electron chi connectivity index (χ2n) is 11.7. The molecule has 1 saturated carbocycles. The van der Waals surface area contributed by atoms with Gasteiger partial charge in [-0.1, -0.05) is 0 Å². The number of aliphatic hydroxyl groups excluding tert-OH is 2. The summed E-state index contributed by atoms with van der Waals surface area (Å²) in [5.41, 5.74) is 3.70. The summed E-state index contributed by atoms with van der Waals surface area (Å²) in [5, 5.41) is 48.7. The van der Waals surface area contributed by atoms with Gasteiger partial charge in [-0.05, 0) is 69.8 Å². The van der Waals surface area contributed by atoms with Gasteiger partial charge in [0, 0.05) is 43.4 Å². The fourth-order valence-electron chi connectivity index (χ4n) is 6.62. The van der Waals surface area contributed by atoms with Crippen molar-refractivity contribution in [2.24, 2.45) is 23.5 Å². The molecule has 1 amide bonds. The van der Waals surface area contributed by atoms with Crippen molar-refractivity contribution in [3.05, 3.63) is 45.4 Å². The topological polar surface area (TPSA) is 177 Å². The van der Waals surface area contributed by atoms with Crippen LogP contribution in [0.5, 0.6) is 5.75 Å². The number of nitrogens with one attached hydrogen (secondary N) is 1. The third-order valence-corrected chi connectivity index (χ3v) is 8.71. The maximum absolute atomic E-state index is 14.0. The van der Waals surface area contributed by atoms with E-state index >= 15 is 0 Å². The van der Waals surface area contributed by atoms with Gasteiger partial charge in [0.2, 0.25) is 5.78 Å². The van der Waals surface area contributed by atoms with Crippen molar-refractivity contribution >= 4 is 23.2 Å². The standard InChI is InChI=1S/C28H36N4O7/c1-31(2)17-9-14(11-30-10-12-5-6-12)22(33)19-15(17)7-13-8-16-21(32(3)4)24(35)20(27(29)38)26(37)28(16,39)25(36)18(13)23(19)34/h9,12-13,16,21,30,33,35-36,39H,5-8,10-11H2,1-4H3,(H2,29,38)/t13-,16-,21+,28-/m0/s1. The van der Waals surface area contributed by atoms with Gasteiger partial charge in [0.1, 0.15) is 22.8 Å². The Morgan fingerprint density at radius 3 is 2.38 bits per heavy atom. The van der Waals surface area contributed by atoms with Crippen molar-refractivity contribution in [2.75, 3.05) is 39.6 Å². The molecule has 4 aliphatic carbocycles. The third-order valence-electron chi connectivity index (χ3n) is 8.71. The van der Waals surface area contributed by atoms with Gasteiger partial charge < -0.3 is 36.4 Å². The molecule has 4 aliphatic rings. The fraction of sp³-hybridized carbons (Fsp3) is 0.536. The molecule has 11 heteroatoms. The lowest BCUT2D eigenvalue weighted by atomic mass is 9.58. The number of primary amides is 1. The van der Waals surface area contributed by atoms with Crippen LogP contribution in [-0.4, -0.2) is 89.2 Å². The van der Waals surface area contributed by atoms with Crippen LogP contribution in [0, 0.1) is 17.8 Å². The molecule has 1 fully saturated rings. The number of nitrogens with two attached hydrogens (primary N) is 1. The number of nitrogens with zero attached hydrogens (tertiary/aromatic N) is 2. The normalized spacial score (nSPS) is 28.4. The molecule has 0 aliphatic heterocycles. The van der Waals surface area contributed by atoms with Crippen LogP contribution in [0.25, 0.3) is 0 Å². The minimum absolute atomic E-state index is 0.0326. The molecule has 0 saturated heterocycles. The number of benzene rings is 1. The Labute approximate surface area is 226 Å². The number of carbonyl (C=O) groups excluding carboxylic acids is 3. The predicted molar refractivity (Wildman–Crippen MR) is 142 cm³/mol. The van der Waals surface area contributed by atoms with Crippen LogP contribution < -0.4 is 16.0 Å². The van der Waals surface area contributed by atoms with Crippen molar-refractivity contribution < 1.29 is 34.8 Å². The number of likely N-dealkylation sites (N-methyl/N-ethyl adjacent to an activating group) is 1. The summed E-state index contributed by atoms with van der Waals surface area (Å²) >= 11 is 0. The average molecular weight is 541 g/mol. The van der Waals surface area contributed by atoms with Gasteiger partial charge in [-0.2, -0.15) is 0 Å². The summed E-state index contributed by atoms with van der Waals surface area (Å²) < 4.78 is 0. The molecule has 11 nitrogen and oxygen atoms in total. The second-order valence-corrected chi connectivity index (χ2v) is 11.7. The first kappa shape index (κ1) is 27.2. The molecule has 1 aromatic rings. The van der Waals surface area contributed by atoms with Crippen LogP contribution >= 0.6 is 0 Å². The zero-order valence-corrected chi connectivity index (χ0v) is 22.6. The molecule has 1 aromatic carbocycles. The number of phenols is 1. The quantitative estimate of drug-likeness (QED) is 0.270. The lowest BCUT2D eigenvalue weighted by molar-refractivity contribution is -0.148. The lowest BCUT2D eigenvalue weighted by Crippen LogP contribution is -2.63. The van der Waals surface area contributed by atoms with E-state index in [2.05, 4.69) is 5.32 Å². The molecule has 0 unspecified atom stereocenters. The first-order valence-corrected chi connectivity index (χ1v) is 13.2. The Balaban J connectivity index is 1.65. The minimum Gasteiger partial charge on any atom is -0.510 e. The largest absolute Gasteiger partial charge is 0.510 e. The molecular weight excluding hydrogens is 504 g/mol. The number of Topliss-reactive ketones (excluding diaryl/α,β-unsaturated/α-hetero) is 2. The van der Waals surface area contributed by atoms with Crippen LogP contribution in [0.15, 0.2) is 28.7 Å². The van der Waals surface area contributed by atoms with Crippen LogP contribution in [0.3, 0.4) is 0 Å². The van der Waals surface area contributed by atoms with Gasteiger partial charge in [-0.3, -0.25) is 19.3 Å². The van der Waals surface area contributed by atoms with Crippen molar-refractivity contribution in [3.8, 4) is 5.75 Å². The summed E-state index contributed by atoms with van der Waals surface area (Å²) in [5.74, 6) is -5.83. The summed E-state index contributed by atoms with van der Waals surface area (Å²) in [6.45, 7) is 1.15. The molecule has 4 atom stereocenters. The number of hydrogen-bond donors (Lipinski definition) is 6. The van der Waals surface area contributed by atoms with E-state index in [1.54, 1.807) is 14.1 Å². The molecule has 7 N–H and O–H groups in total. The number of phenolic OH excluding ortho intramolecular Hbond substituents is 1. The van der Waals surface area contributed by atoms with E-state index in [-0.39, 0.29) is 29.7 Å². The Kier molecular flexibility index (Phi) is 6.52. The number of fused-ring (bicyclic) bond motifs is 3. The van der Waals surface area contributed by atoms with Gasteiger partial charge in [0.25, 0.3) is 5.91 Å². The van der Waals surface area contributed by atoms with E-state index < -0.39 is 58.0 Å². The number of aromatic hydroxyl groups is 1. The van der Waals surface area contributed by atoms with E-state index in [9.17, 15) is 34.8 Å². The van der Waals surface area contributed by atoms with Crippen LogP contribution in [-0.2, 0) is 22.6 Å². The van der Waals surface area contributed by atoms with Gasteiger partial charge in [0.15, 0.2) is 11.4 Å². The monoisotopic (exact) mass is 540 g/mol. The molecule has 39 heavy (non-hydrogen) atoms. The maximum atomic E-state index is 14.0. The fourth-order valence-corrected chi connectivity index (χ4v) is 6.62. The molecule has 0 radical (unpaired) electrons. The SMILES string of the molecule is CN(C)c1cc(CNCC2CC2)c(O)c2c1C[C@H]1C[C@H]3[C@@H](N(C)C)C(O)=C(C(N)=O)C(=O)[C@@]3(O)C(O)=C1C2=O. The van der Waals surface area contributed by atoms with E-state index in [0.29, 0.717) is 23.6 Å². The number of amides is 1. The molecular formula is C28H36N4O7. The second kappa shape index (κ2) is 9.35. The molecule has 0 aromatic heterocycles.